The predicted octanol–water partition coefficient (Wildman–Crippen LogP) is 5.99. The summed E-state index contributed by atoms with van der Waals surface area (Å²) < 4.78 is 83.8. The number of fused-ring (bicyclic) bond motifs is 3. The van der Waals surface area contributed by atoms with E-state index in [2.05, 4.69) is 10.3 Å². The van der Waals surface area contributed by atoms with Crippen LogP contribution in [0.25, 0.3) is 10.8 Å². The van der Waals surface area contributed by atoms with E-state index in [1.54, 1.807) is 37.3 Å². The third kappa shape index (κ3) is 8.62. The topological polar surface area (TPSA) is 185 Å². The van der Waals surface area contributed by atoms with Crippen LogP contribution in [0.15, 0.2) is 42.5 Å². The lowest BCUT2D eigenvalue weighted by molar-refractivity contribution is -0.156. The average molecular weight is 864 g/mol. The van der Waals surface area contributed by atoms with Crippen molar-refractivity contribution in [3.8, 4) is 11.8 Å². The summed E-state index contributed by atoms with van der Waals surface area (Å²) in [5.41, 5.74) is -4.19. The van der Waals surface area contributed by atoms with Crippen molar-refractivity contribution in [2.24, 2.45) is 17.8 Å². The molecule has 2 aliphatic carbocycles. The van der Waals surface area contributed by atoms with Gasteiger partial charge in [-0.1, -0.05) is 44.2 Å². The van der Waals surface area contributed by atoms with Crippen molar-refractivity contribution in [2.45, 2.75) is 139 Å². The fraction of sp³-hybridized carbons (Fsp3) is 0.643. The second kappa shape index (κ2) is 16.3. The molecule has 3 heterocycles. The third-order valence-electron chi connectivity index (χ3n) is 12.7. The monoisotopic (exact) mass is 863 g/mol. The summed E-state index contributed by atoms with van der Waals surface area (Å²) in [6.45, 7) is 8.35. The predicted molar refractivity (Wildman–Crippen MR) is 216 cm³/mol. The number of hydrogen-bond donors (Lipinski definition) is 3. The highest BCUT2D eigenvalue weighted by molar-refractivity contribution is 7.91. The largest absolute Gasteiger partial charge is 0.475 e. The van der Waals surface area contributed by atoms with Crippen LogP contribution in [-0.2, 0) is 24.4 Å². The van der Waals surface area contributed by atoms with E-state index < -0.39 is 92.3 Å². The minimum Gasteiger partial charge on any atom is -0.475 e. The second-order valence-corrected chi connectivity index (χ2v) is 20.1. The van der Waals surface area contributed by atoms with Gasteiger partial charge in [-0.05, 0) is 89.5 Å². The number of allylic oxidation sites excluding steroid dienone is 1. The Bertz CT molecular complexity index is 2140. The number of carbonyl (C=O) groups is 4. The number of sulfonamides is 1. The summed E-state index contributed by atoms with van der Waals surface area (Å²) in [6, 6.07) is 5.78. The highest BCUT2D eigenvalue weighted by Gasteiger charge is 2.64. The molecule has 3 fully saturated rings. The van der Waals surface area contributed by atoms with Crippen molar-refractivity contribution in [1.29, 1.82) is 0 Å². The molecule has 330 valence electrons. The zero-order valence-corrected chi connectivity index (χ0v) is 35.9. The van der Waals surface area contributed by atoms with Crippen molar-refractivity contribution in [1.82, 2.24) is 24.8 Å². The highest BCUT2D eigenvalue weighted by atomic mass is 32.2. The number of ether oxygens (including phenoxy) is 2. The molecule has 2 aromatic rings. The second-order valence-electron chi connectivity index (χ2n) is 18.0. The van der Waals surface area contributed by atoms with Gasteiger partial charge in [-0.3, -0.25) is 24.0 Å². The number of carbonyl (C=O) groups excluding carboxylic acids is 3. The maximum absolute atomic E-state index is 15.4. The Hall–Kier alpha value is -4.61. The lowest BCUT2D eigenvalue weighted by Gasteiger charge is -2.47. The smallest absolute Gasteiger partial charge is 0.408 e. The van der Waals surface area contributed by atoms with Gasteiger partial charge in [-0.25, -0.2) is 26.4 Å². The summed E-state index contributed by atoms with van der Waals surface area (Å²) in [7, 11) is -4.48. The van der Waals surface area contributed by atoms with Crippen LogP contribution in [0.2, 0.25) is 0 Å². The molecular formula is C42H56F3N5O9S. The normalized spacial score (nSPS) is 29.0. The van der Waals surface area contributed by atoms with Crippen molar-refractivity contribution >= 4 is 44.6 Å². The van der Waals surface area contributed by atoms with Gasteiger partial charge in [0.15, 0.2) is 0 Å². The van der Waals surface area contributed by atoms with Crippen molar-refractivity contribution < 1.29 is 55.3 Å². The number of carboxylic acid groups (broad SMARTS) is 1. The molecule has 7 atom stereocenters. The molecule has 14 nitrogen and oxygen atoms in total. The Morgan fingerprint density at radius 2 is 1.82 bits per heavy atom. The van der Waals surface area contributed by atoms with E-state index >= 15 is 13.6 Å². The zero-order chi connectivity index (χ0) is 44.2. The summed E-state index contributed by atoms with van der Waals surface area (Å²) in [4.78, 5) is 63.2. The molecule has 18 heteroatoms. The molecule has 2 aliphatic heterocycles. The number of pyridine rings is 1. The number of halogens is 3. The summed E-state index contributed by atoms with van der Waals surface area (Å²) >= 11 is 0. The Morgan fingerprint density at radius 3 is 2.43 bits per heavy atom. The van der Waals surface area contributed by atoms with Gasteiger partial charge < -0.3 is 24.8 Å². The molecule has 0 spiro atoms. The maximum atomic E-state index is 15.4. The molecule has 0 radical (unpaired) electrons. The van der Waals surface area contributed by atoms with Crippen LogP contribution in [-0.4, -0.2) is 111 Å². The van der Waals surface area contributed by atoms with Crippen LogP contribution in [0, 0.1) is 17.8 Å². The van der Waals surface area contributed by atoms with Crippen molar-refractivity contribution in [3.05, 3.63) is 42.5 Å². The Morgan fingerprint density at radius 1 is 1.13 bits per heavy atom. The van der Waals surface area contributed by atoms with Crippen LogP contribution in [0.1, 0.15) is 93.4 Å². The lowest BCUT2D eigenvalue weighted by atomic mass is 9.84. The average Bonchev–Trinajstić information content (AvgIpc) is 4.05. The van der Waals surface area contributed by atoms with Crippen molar-refractivity contribution in [3.63, 3.8) is 0 Å². The number of nitrogens with zero attached hydrogens (tertiary/aromatic N) is 3. The fourth-order valence-corrected chi connectivity index (χ4v) is 9.93. The molecule has 6 rings (SSSR count). The first-order valence-electron chi connectivity index (χ1n) is 20.5. The first-order valence-corrected chi connectivity index (χ1v) is 22.0. The van der Waals surface area contributed by atoms with Crippen LogP contribution >= 0.6 is 0 Å². The quantitative estimate of drug-likeness (QED) is 0.227. The molecule has 0 bridgehead atoms. The van der Waals surface area contributed by atoms with E-state index in [4.69, 9.17) is 9.47 Å². The Balaban J connectivity index is 1.43. The van der Waals surface area contributed by atoms with E-state index in [1.807, 2.05) is 37.6 Å². The molecule has 2 saturated carbocycles. The minimum atomic E-state index is -4.48. The Labute approximate surface area is 348 Å². The molecule has 1 aromatic heterocycles. The molecule has 1 saturated heterocycles. The maximum Gasteiger partial charge on any atom is 0.408 e. The van der Waals surface area contributed by atoms with Crippen LogP contribution < -0.4 is 19.5 Å². The van der Waals surface area contributed by atoms with Gasteiger partial charge in [0.25, 0.3) is 11.8 Å². The highest BCUT2D eigenvalue weighted by Crippen LogP contribution is 2.48. The summed E-state index contributed by atoms with van der Waals surface area (Å²) in [5, 5.41) is 14.7. The first kappa shape index (κ1) is 44.9. The van der Waals surface area contributed by atoms with E-state index in [0.29, 0.717) is 30.1 Å². The van der Waals surface area contributed by atoms with Gasteiger partial charge in [0.2, 0.25) is 33.6 Å². The van der Waals surface area contributed by atoms with E-state index in [-0.39, 0.29) is 62.4 Å². The van der Waals surface area contributed by atoms with Crippen LogP contribution in [0.4, 0.5) is 18.0 Å². The molecule has 4 aliphatic rings. The zero-order valence-electron chi connectivity index (χ0n) is 35.0. The number of amides is 4. The van der Waals surface area contributed by atoms with Crippen LogP contribution in [0.3, 0.4) is 0 Å². The van der Waals surface area contributed by atoms with Gasteiger partial charge in [-0.15, -0.1) is 0 Å². The van der Waals surface area contributed by atoms with Crippen molar-refractivity contribution in [2.75, 3.05) is 13.2 Å². The van der Waals surface area contributed by atoms with E-state index in [1.165, 1.54) is 0 Å². The third-order valence-corrected chi connectivity index (χ3v) is 14.8. The summed E-state index contributed by atoms with van der Waals surface area (Å²) in [5.74, 6) is -7.72. The number of nitrogens with one attached hydrogen (secondary N) is 2. The van der Waals surface area contributed by atoms with Gasteiger partial charge in [0.1, 0.15) is 40.7 Å². The van der Waals surface area contributed by atoms with Gasteiger partial charge in [0.05, 0.1) is 12.6 Å². The number of alkyl halides is 3. The number of aromatic nitrogens is 1. The Kier molecular flexibility index (Phi) is 12.2. The minimum absolute atomic E-state index is 0.000142. The molecule has 3 N–H and O–H groups in total. The SMILES string of the molecule is CC(C)Oc1cc2ccccc2c(O[C@@H]2C[C@H]3C(=O)N[C@]4(C(=O)NS(=O)(=O)C5(CF)CC5)C[C@H]4/C=C\CC[C@H](C)C[C@@H](C)[C@H](N(C(=O)O)C(C)(C)C(C)(F)F)C(=O)N3C2)n1. The fourth-order valence-electron chi connectivity index (χ4n) is 8.51. The molecule has 4 amide bonds. The number of benzene rings is 1. The molecule has 0 unspecified atom stereocenters. The van der Waals surface area contributed by atoms with Crippen LogP contribution in [0.5, 0.6) is 11.8 Å². The summed E-state index contributed by atoms with van der Waals surface area (Å²) in [6.07, 6.45) is 1.66. The standard InChI is InChI=1S/C42H56F3N5O9S/c1-24(2)58-32-19-27-13-9-11-15-30(27)35(46-32)59-29-20-31-34(51)47-42(37(53)48-60(56,57)41(23-43)16-17-41)21-28(42)14-10-8-12-25(3)18-26(4)33(36(52)49(31)22-29)50(38(54)55)39(5,6)40(7,44)45/h9-11,13-15,19,24-26,28-29,31,33H,8,12,16-18,20-23H2,1-7H3,(H,47,51)(H,48,53)(H,54,55)/b14-10-/t25-,26+,28+,29+,31-,33-,42+/m0/s1. The van der Waals surface area contributed by atoms with E-state index in [0.717, 1.165) is 24.1 Å². The van der Waals surface area contributed by atoms with Gasteiger partial charge in [-0.2, -0.15) is 4.98 Å². The molecule has 60 heavy (non-hydrogen) atoms. The lowest BCUT2D eigenvalue weighted by Crippen LogP contribution is -2.66. The number of rotatable bonds is 11. The molecule has 1 aromatic carbocycles. The van der Waals surface area contributed by atoms with E-state index in [9.17, 15) is 32.3 Å². The number of hydrogen-bond acceptors (Lipinski definition) is 9. The molecular weight excluding hydrogens is 808 g/mol. The van der Waals surface area contributed by atoms with Gasteiger partial charge >= 0.3 is 6.09 Å². The first-order chi connectivity index (χ1) is 28.0. The van der Waals surface area contributed by atoms with Gasteiger partial charge in [0, 0.05) is 30.7 Å².